The van der Waals surface area contributed by atoms with Crippen molar-refractivity contribution >= 4 is 17.8 Å². The number of piperazine rings is 1. The van der Waals surface area contributed by atoms with Crippen LogP contribution < -0.4 is 4.90 Å². The number of furan rings is 1. The van der Waals surface area contributed by atoms with Crippen molar-refractivity contribution in [3.05, 3.63) is 24.1 Å². The van der Waals surface area contributed by atoms with Crippen molar-refractivity contribution in [2.45, 2.75) is 20.3 Å². The number of carbonyl (C=O) groups excluding carboxylic acids is 2. The van der Waals surface area contributed by atoms with Gasteiger partial charge in [-0.25, -0.2) is 0 Å². The highest BCUT2D eigenvalue weighted by Crippen LogP contribution is 2.29. The molecule has 0 radical (unpaired) electrons. The molecule has 0 aromatic carbocycles. The molecule has 2 aromatic heterocycles. The Morgan fingerprint density at radius 3 is 2.71 bits per heavy atom. The van der Waals surface area contributed by atoms with Gasteiger partial charge in [0, 0.05) is 26.2 Å². The van der Waals surface area contributed by atoms with Gasteiger partial charge in [-0.05, 0) is 18.6 Å². The first-order chi connectivity index (χ1) is 13.5. The summed E-state index contributed by atoms with van der Waals surface area (Å²) in [4.78, 5) is 31.7. The fraction of sp³-hybridized carbons (Fsp3) is 0.474. The normalized spacial score (nSPS) is 15.2. The lowest BCUT2D eigenvalue weighted by atomic mass is 10.1. The maximum Gasteiger partial charge on any atom is 0.309 e. The highest BCUT2D eigenvalue weighted by molar-refractivity contribution is 5.81. The van der Waals surface area contributed by atoms with Gasteiger partial charge in [-0.15, -0.1) is 0 Å². The minimum absolute atomic E-state index is 0.175. The van der Waals surface area contributed by atoms with E-state index < -0.39 is 0 Å². The number of esters is 1. The van der Waals surface area contributed by atoms with Gasteiger partial charge < -0.3 is 23.4 Å². The number of oxazole rings is 1. The molecule has 0 aliphatic carbocycles. The van der Waals surface area contributed by atoms with Crippen LogP contribution in [-0.4, -0.2) is 54.5 Å². The van der Waals surface area contributed by atoms with E-state index in [0.717, 1.165) is 0 Å². The Balaban J connectivity index is 1.58. The Morgan fingerprint density at radius 2 is 2.11 bits per heavy atom. The molecule has 28 heavy (non-hydrogen) atoms. The molecule has 9 nitrogen and oxygen atoms in total. The van der Waals surface area contributed by atoms with Crippen LogP contribution in [0.25, 0.3) is 11.7 Å². The molecule has 0 spiro atoms. The van der Waals surface area contributed by atoms with Crippen molar-refractivity contribution in [2.24, 2.45) is 5.92 Å². The van der Waals surface area contributed by atoms with Crippen LogP contribution in [0, 0.1) is 17.2 Å². The van der Waals surface area contributed by atoms with Gasteiger partial charge in [0.25, 0.3) is 11.8 Å². The van der Waals surface area contributed by atoms with Crippen molar-refractivity contribution in [1.82, 2.24) is 9.88 Å². The van der Waals surface area contributed by atoms with Gasteiger partial charge in [-0.3, -0.25) is 9.59 Å². The molecule has 1 saturated heterocycles. The van der Waals surface area contributed by atoms with Crippen LogP contribution in [0.2, 0.25) is 0 Å². The third-order valence-corrected chi connectivity index (χ3v) is 4.72. The Bertz CT molecular complexity index is 860. The number of aromatic nitrogens is 1. The standard InChI is InChI=1S/C19H22N4O5/c1-3-13(2)19(25)27-12-16(24)22-6-8-23(9-7-22)18-14(11-20)21-17(28-18)15-5-4-10-26-15/h4-5,10,13H,3,6-9,12H2,1-2H3/t13-/m1/s1. The Hall–Kier alpha value is -3.28. The van der Waals surface area contributed by atoms with E-state index in [4.69, 9.17) is 13.6 Å². The molecule has 0 saturated carbocycles. The average Bonchev–Trinajstić information content (AvgIpc) is 3.40. The molecule has 1 amide bonds. The summed E-state index contributed by atoms with van der Waals surface area (Å²) in [6, 6.07) is 5.45. The first kappa shape index (κ1) is 19.5. The maximum atomic E-state index is 12.3. The Morgan fingerprint density at radius 1 is 1.36 bits per heavy atom. The number of ether oxygens (including phenoxy) is 1. The SMILES string of the molecule is CC[C@@H](C)C(=O)OCC(=O)N1CCN(c2oc(-c3ccco3)nc2C#N)CC1. The quantitative estimate of drug-likeness (QED) is 0.693. The molecule has 0 unspecified atom stereocenters. The molecule has 0 N–H and O–H groups in total. The molecule has 9 heteroatoms. The zero-order valence-corrected chi connectivity index (χ0v) is 15.9. The van der Waals surface area contributed by atoms with E-state index >= 15 is 0 Å². The zero-order valence-electron chi connectivity index (χ0n) is 15.9. The largest absolute Gasteiger partial charge is 0.459 e. The van der Waals surface area contributed by atoms with Crippen LogP contribution in [-0.2, 0) is 14.3 Å². The Kier molecular flexibility index (Phi) is 5.99. The van der Waals surface area contributed by atoms with Gasteiger partial charge in [0.05, 0.1) is 12.2 Å². The smallest absolute Gasteiger partial charge is 0.309 e. The van der Waals surface area contributed by atoms with Crippen molar-refractivity contribution in [2.75, 3.05) is 37.7 Å². The summed E-state index contributed by atoms with van der Waals surface area (Å²) in [5, 5.41) is 9.34. The van der Waals surface area contributed by atoms with E-state index in [2.05, 4.69) is 4.98 Å². The van der Waals surface area contributed by atoms with Crippen LogP contribution in [0.1, 0.15) is 26.0 Å². The number of hydrogen-bond donors (Lipinski definition) is 0. The lowest BCUT2D eigenvalue weighted by Gasteiger charge is -2.34. The second kappa shape index (κ2) is 8.61. The van der Waals surface area contributed by atoms with Gasteiger partial charge in [-0.1, -0.05) is 13.8 Å². The average molecular weight is 386 g/mol. The fourth-order valence-electron chi connectivity index (χ4n) is 2.80. The molecule has 1 fully saturated rings. The van der Waals surface area contributed by atoms with Gasteiger partial charge >= 0.3 is 5.97 Å². The zero-order chi connectivity index (χ0) is 20.1. The van der Waals surface area contributed by atoms with Gasteiger partial charge in [0.1, 0.15) is 6.07 Å². The summed E-state index contributed by atoms with van der Waals surface area (Å²) >= 11 is 0. The molecule has 3 heterocycles. The molecule has 1 aliphatic heterocycles. The highest BCUT2D eigenvalue weighted by atomic mass is 16.5. The highest BCUT2D eigenvalue weighted by Gasteiger charge is 2.27. The summed E-state index contributed by atoms with van der Waals surface area (Å²) in [6.07, 6.45) is 2.17. The summed E-state index contributed by atoms with van der Waals surface area (Å²) in [7, 11) is 0. The maximum absolute atomic E-state index is 12.3. The van der Waals surface area contributed by atoms with Gasteiger partial charge in [0.15, 0.2) is 12.4 Å². The van der Waals surface area contributed by atoms with E-state index in [1.807, 2.05) is 17.9 Å². The second-order valence-corrected chi connectivity index (χ2v) is 6.55. The minimum atomic E-state index is -0.361. The summed E-state index contributed by atoms with van der Waals surface area (Å²) < 4.78 is 16.1. The number of amides is 1. The molecule has 0 bridgehead atoms. The van der Waals surface area contributed by atoms with E-state index in [9.17, 15) is 14.9 Å². The molecular formula is C19H22N4O5. The molecule has 1 aliphatic rings. The van der Waals surface area contributed by atoms with Crippen molar-refractivity contribution in [3.8, 4) is 17.7 Å². The number of carbonyl (C=O) groups is 2. The lowest BCUT2D eigenvalue weighted by Crippen LogP contribution is -2.50. The first-order valence-corrected chi connectivity index (χ1v) is 9.17. The van der Waals surface area contributed by atoms with Gasteiger partial charge in [-0.2, -0.15) is 10.2 Å². The first-order valence-electron chi connectivity index (χ1n) is 9.17. The monoisotopic (exact) mass is 386 g/mol. The third kappa shape index (κ3) is 4.17. The molecule has 3 rings (SSSR count). The number of nitrogens with zero attached hydrogens (tertiary/aromatic N) is 4. The Labute approximate surface area is 162 Å². The number of rotatable bonds is 6. The third-order valence-electron chi connectivity index (χ3n) is 4.72. The van der Waals surface area contributed by atoms with Crippen LogP contribution in [0.3, 0.4) is 0 Å². The predicted octanol–water partition coefficient (Wildman–Crippen LogP) is 2.04. The summed E-state index contributed by atoms with van der Waals surface area (Å²) in [6.45, 7) is 5.23. The van der Waals surface area contributed by atoms with E-state index in [0.29, 0.717) is 44.2 Å². The number of nitriles is 1. The van der Waals surface area contributed by atoms with E-state index in [1.54, 1.807) is 24.0 Å². The summed E-state index contributed by atoms with van der Waals surface area (Å²) in [5.41, 5.74) is 0.175. The van der Waals surface area contributed by atoms with Crippen LogP contribution in [0.15, 0.2) is 27.2 Å². The molecule has 148 valence electrons. The van der Waals surface area contributed by atoms with E-state index in [1.165, 1.54) is 6.26 Å². The number of anilines is 1. The predicted molar refractivity (Wildman–Crippen MR) is 98.1 cm³/mol. The number of hydrogen-bond acceptors (Lipinski definition) is 8. The van der Waals surface area contributed by atoms with E-state index in [-0.39, 0.29) is 36.0 Å². The van der Waals surface area contributed by atoms with Crippen molar-refractivity contribution in [1.29, 1.82) is 5.26 Å². The molecule has 2 aromatic rings. The van der Waals surface area contributed by atoms with Crippen molar-refractivity contribution in [3.63, 3.8) is 0 Å². The summed E-state index contributed by atoms with van der Waals surface area (Å²) in [5.74, 6) is 0.241. The molecular weight excluding hydrogens is 364 g/mol. The topological polar surface area (TPSA) is 113 Å². The minimum Gasteiger partial charge on any atom is -0.459 e. The van der Waals surface area contributed by atoms with Crippen LogP contribution in [0.5, 0.6) is 0 Å². The molecule has 1 atom stereocenters. The lowest BCUT2D eigenvalue weighted by molar-refractivity contribution is -0.155. The van der Waals surface area contributed by atoms with Crippen LogP contribution in [0.4, 0.5) is 5.88 Å². The van der Waals surface area contributed by atoms with Crippen molar-refractivity contribution < 1.29 is 23.2 Å². The van der Waals surface area contributed by atoms with Gasteiger partial charge in [0.2, 0.25) is 11.6 Å². The second-order valence-electron chi connectivity index (χ2n) is 6.55. The van der Waals surface area contributed by atoms with Crippen LogP contribution >= 0.6 is 0 Å². The fourth-order valence-corrected chi connectivity index (χ4v) is 2.80.